The molecule has 1 amide bonds. The van der Waals surface area contributed by atoms with Gasteiger partial charge in [-0.2, -0.15) is 13.2 Å². The highest BCUT2D eigenvalue weighted by atomic mass is 19.4. The molecule has 0 saturated carbocycles. The first-order valence-electron chi connectivity index (χ1n) is 8.08. The zero-order valence-electron chi connectivity index (χ0n) is 14.5. The van der Waals surface area contributed by atoms with Gasteiger partial charge in [-0.05, 0) is 18.2 Å². The second-order valence-electron chi connectivity index (χ2n) is 5.50. The summed E-state index contributed by atoms with van der Waals surface area (Å²) in [6, 6.07) is 5.61. The number of hydrogen-bond donors (Lipinski definition) is 2. The van der Waals surface area contributed by atoms with Crippen LogP contribution in [0.25, 0.3) is 0 Å². The average molecular weight is 395 g/mol. The van der Waals surface area contributed by atoms with E-state index in [2.05, 4.69) is 22.1 Å². The van der Waals surface area contributed by atoms with E-state index in [0.29, 0.717) is 0 Å². The molecule has 0 radical (unpaired) electrons. The zero-order chi connectivity index (χ0) is 20.6. The summed E-state index contributed by atoms with van der Waals surface area (Å²) in [4.78, 5) is 36.1. The summed E-state index contributed by atoms with van der Waals surface area (Å²) in [7, 11) is 0. The minimum Gasteiger partial charge on any atom is -0.481 e. The fraction of sp³-hybridized carbons (Fsp3) is 0.278. The van der Waals surface area contributed by atoms with E-state index in [9.17, 15) is 27.6 Å². The van der Waals surface area contributed by atoms with Gasteiger partial charge in [-0.1, -0.05) is 17.9 Å². The monoisotopic (exact) mass is 395 g/mol. The van der Waals surface area contributed by atoms with Crippen LogP contribution in [0.4, 0.5) is 13.2 Å². The molecule has 1 aromatic carbocycles. The van der Waals surface area contributed by atoms with Crippen LogP contribution in [0.5, 0.6) is 5.75 Å². The number of rotatable bonds is 6. The van der Waals surface area contributed by atoms with Crippen molar-refractivity contribution in [3.8, 4) is 17.6 Å². The molecule has 28 heavy (non-hydrogen) atoms. The van der Waals surface area contributed by atoms with Crippen molar-refractivity contribution >= 4 is 5.91 Å². The van der Waals surface area contributed by atoms with Crippen LogP contribution in [0, 0.1) is 11.8 Å². The Labute approximate surface area is 157 Å². The SMILES string of the molecule is O=C(CCn1ccc(=O)[nH]c1=O)NCC#CCOc1cccc(C(F)(F)F)c1. The van der Waals surface area contributed by atoms with Gasteiger partial charge in [0.05, 0.1) is 12.1 Å². The van der Waals surface area contributed by atoms with Crippen molar-refractivity contribution in [1.29, 1.82) is 0 Å². The molecule has 0 fully saturated rings. The van der Waals surface area contributed by atoms with Gasteiger partial charge in [-0.25, -0.2) is 4.79 Å². The van der Waals surface area contributed by atoms with Crippen LogP contribution in [-0.2, 0) is 17.5 Å². The molecular weight excluding hydrogens is 379 g/mol. The molecular formula is C18H16F3N3O4. The predicted molar refractivity (Wildman–Crippen MR) is 93.7 cm³/mol. The Morgan fingerprint density at radius 1 is 1.21 bits per heavy atom. The summed E-state index contributed by atoms with van der Waals surface area (Å²) in [5.41, 5.74) is -1.94. The molecule has 0 saturated heterocycles. The lowest BCUT2D eigenvalue weighted by molar-refractivity contribution is -0.137. The Kier molecular flexibility index (Phi) is 7.03. The second-order valence-corrected chi connectivity index (χ2v) is 5.50. The number of ether oxygens (including phenoxy) is 1. The third-order valence-corrected chi connectivity index (χ3v) is 3.45. The summed E-state index contributed by atoms with van der Waals surface area (Å²) in [6.45, 7) is -0.0250. The number of carbonyl (C=O) groups is 1. The molecule has 7 nitrogen and oxygen atoms in total. The molecule has 2 N–H and O–H groups in total. The standard InChI is InChI=1S/C18H16F3N3O4/c19-18(20,21)13-4-3-5-14(12-13)28-11-2-1-8-22-15(25)6-9-24-10-7-16(26)23-17(24)27/h3-5,7,10,12H,6,8-9,11H2,(H,22,25)(H,23,26,27). The second kappa shape index (κ2) is 9.45. The number of aryl methyl sites for hydroxylation is 1. The van der Waals surface area contributed by atoms with Crippen molar-refractivity contribution in [2.45, 2.75) is 19.1 Å². The lowest BCUT2D eigenvalue weighted by Gasteiger charge is -2.08. The fourth-order valence-corrected chi connectivity index (χ4v) is 2.07. The van der Waals surface area contributed by atoms with E-state index in [1.807, 2.05) is 0 Å². The van der Waals surface area contributed by atoms with E-state index in [0.717, 1.165) is 12.1 Å². The van der Waals surface area contributed by atoms with Crippen LogP contribution in [-0.4, -0.2) is 28.6 Å². The number of halogens is 3. The number of H-pyrrole nitrogens is 1. The maximum Gasteiger partial charge on any atom is 0.416 e. The van der Waals surface area contributed by atoms with Crippen molar-refractivity contribution in [3.63, 3.8) is 0 Å². The first-order chi connectivity index (χ1) is 13.3. The Morgan fingerprint density at radius 3 is 2.71 bits per heavy atom. The molecule has 10 heteroatoms. The van der Waals surface area contributed by atoms with Crippen LogP contribution < -0.4 is 21.3 Å². The third-order valence-electron chi connectivity index (χ3n) is 3.45. The number of alkyl halides is 3. The number of amides is 1. The van der Waals surface area contributed by atoms with Gasteiger partial charge < -0.3 is 14.6 Å². The minimum atomic E-state index is -4.45. The van der Waals surface area contributed by atoms with Crippen LogP contribution in [0.2, 0.25) is 0 Å². The van der Waals surface area contributed by atoms with Gasteiger partial charge in [-0.15, -0.1) is 0 Å². The minimum absolute atomic E-state index is 0.00830. The Balaban J connectivity index is 1.71. The van der Waals surface area contributed by atoms with Gasteiger partial charge >= 0.3 is 11.9 Å². The van der Waals surface area contributed by atoms with Crippen molar-refractivity contribution in [2.75, 3.05) is 13.2 Å². The summed E-state index contributed by atoms with van der Waals surface area (Å²) >= 11 is 0. The number of nitrogens with one attached hydrogen (secondary N) is 2. The number of hydrogen-bond acceptors (Lipinski definition) is 4. The molecule has 148 valence electrons. The molecule has 2 rings (SSSR count). The number of benzene rings is 1. The number of aromatic nitrogens is 2. The van der Waals surface area contributed by atoms with Crippen molar-refractivity contribution in [2.24, 2.45) is 0 Å². The first-order valence-corrected chi connectivity index (χ1v) is 8.08. The maximum atomic E-state index is 12.6. The van der Waals surface area contributed by atoms with E-state index in [4.69, 9.17) is 4.74 Å². The number of aromatic amines is 1. The Hall–Kier alpha value is -3.48. The van der Waals surface area contributed by atoms with Gasteiger partial charge in [0.2, 0.25) is 5.91 Å². The maximum absolute atomic E-state index is 12.6. The van der Waals surface area contributed by atoms with Crippen molar-refractivity contribution in [3.05, 3.63) is 62.9 Å². The number of carbonyl (C=O) groups excluding carboxylic acids is 1. The Morgan fingerprint density at radius 2 is 2.00 bits per heavy atom. The normalized spacial score (nSPS) is 10.7. The molecule has 0 bridgehead atoms. The quantitative estimate of drug-likeness (QED) is 0.718. The third kappa shape index (κ3) is 6.68. The van der Waals surface area contributed by atoms with Gasteiger partial charge in [0.1, 0.15) is 12.4 Å². The van der Waals surface area contributed by atoms with Crippen molar-refractivity contribution in [1.82, 2.24) is 14.9 Å². The Bertz CT molecular complexity index is 1000. The van der Waals surface area contributed by atoms with Gasteiger partial charge in [0.25, 0.3) is 5.56 Å². The molecule has 1 heterocycles. The van der Waals surface area contributed by atoms with Crippen molar-refractivity contribution < 1.29 is 22.7 Å². The molecule has 0 aliphatic rings. The zero-order valence-corrected chi connectivity index (χ0v) is 14.5. The molecule has 0 aliphatic carbocycles. The molecule has 1 aromatic heterocycles. The van der Waals surface area contributed by atoms with Gasteiger partial charge in [-0.3, -0.25) is 14.6 Å². The van der Waals surface area contributed by atoms with E-state index >= 15 is 0 Å². The largest absolute Gasteiger partial charge is 0.481 e. The highest BCUT2D eigenvalue weighted by molar-refractivity contribution is 5.76. The lowest BCUT2D eigenvalue weighted by Crippen LogP contribution is -2.31. The summed E-state index contributed by atoms with van der Waals surface area (Å²) in [6.07, 6.45) is -3.15. The highest BCUT2D eigenvalue weighted by Gasteiger charge is 2.30. The first kappa shape index (κ1) is 20.8. The van der Waals surface area contributed by atoms with Crippen LogP contribution in [0.15, 0.2) is 46.1 Å². The van der Waals surface area contributed by atoms with E-state index in [1.165, 1.54) is 29.0 Å². The van der Waals surface area contributed by atoms with Gasteiger partial charge in [0.15, 0.2) is 0 Å². The smallest absolute Gasteiger partial charge is 0.416 e. The lowest BCUT2D eigenvalue weighted by atomic mass is 10.2. The fourth-order valence-electron chi connectivity index (χ4n) is 2.07. The summed E-state index contributed by atoms with van der Waals surface area (Å²) in [5.74, 6) is 4.86. The van der Waals surface area contributed by atoms with E-state index in [1.54, 1.807) is 0 Å². The van der Waals surface area contributed by atoms with E-state index in [-0.39, 0.29) is 37.8 Å². The van der Waals surface area contributed by atoms with E-state index < -0.39 is 23.0 Å². The van der Waals surface area contributed by atoms with Crippen LogP contribution in [0.1, 0.15) is 12.0 Å². The van der Waals surface area contributed by atoms with Gasteiger partial charge in [0, 0.05) is 25.2 Å². The molecule has 0 atom stereocenters. The van der Waals surface area contributed by atoms with Crippen LogP contribution >= 0.6 is 0 Å². The average Bonchev–Trinajstić information content (AvgIpc) is 2.63. The molecule has 2 aromatic rings. The predicted octanol–water partition coefficient (Wildman–Crippen LogP) is 1.14. The molecule has 0 spiro atoms. The summed E-state index contributed by atoms with van der Waals surface area (Å²) in [5, 5.41) is 2.51. The topological polar surface area (TPSA) is 93.2 Å². The summed E-state index contributed by atoms with van der Waals surface area (Å²) < 4.78 is 44.1. The molecule has 0 unspecified atom stereocenters. The highest BCUT2D eigenvalue weighted by Crippen LogP contribution is 2.31. The van der Waals surface area contributed by atoms with Crippen LogP contribution in [0.3, 0.4) is 0 Å². The molecule has 0 aliphatic heterocycles. The number of nitrogens with zero attached hydrogens (tertiary/aromatic N) is 1.